The van der Waals surface area contributed by atoms with E-state index >= 15 is 0 Å². The van der Waals surface area contributed by atoms with Gasteiger partial charge in [-0.2, -0.15) is 10.1 Å². The lowest BCUT2D eigenvalue weighted by Crippen LogP contribution is -2.03. The van der Waals surface area contributed by atoms with Gasteiger partial charge in [-0.15, -0.1) is 5.10 Å². The van der Waals surface area contributed by atoms with Gasteiger partial charge in [0.05, 0.1) is 26.1 Å². The van der Waals surface area contributed by atoms with Gasteiger partial charge in [0.15, 0.2) is 5.82 Å². The molecule has 3 aromatic rings. The molecule has 1 aromatic heterocycles. The number of aryl methyl sites for hydroxylation is 2. The van der Waals surface area contributed by atoms with Crippen LogP contribution in [0.5, 0.6) is 11.5 Å². The van der Waals surface area contributed by atoms with Crippen molar-refractivity contribution in [2.24, 2.45) is 0 Å². The van der Waals surface area contributed by atoms with Crippen LogP contribution >= 0.6 is 0 Å². The van der Waals surface area contributed by atoms with Crippen LogP contribution < -0.4 is 20.1 Å². The van der Waals surface area contributed by atoms with Gasteiger partial charge in [-0.25, -0.2) is 0 Å². The molecule has 0 radical (unpaired) electrons. The van der Waals surface area contributed by atoms with Crippen molar-refractivity contribution in [3.8, 4) is 11.5 Å². The topological polar surface area (TPSA) is 81.2 Å². The zero-order chi connectivity index (χ0) is 18.5. The molecule has 134 valence electrons. The fourth-order valence-corrected chi connectivity index (χ4v) is 2.40. The first-order valence-electron chi connectivity index (χ1n) is 8.12. The predicted octanol–water partition coefficient (Wildman–Crippen LogP) is 3.99. The summed E-state index contributed by atoms with van der Waals surface area (Å²) in [6.45, 7) is 4.14. The fraction of sp³-hybridized carbons (Fsp3) is 0.211. The molecule has 7 heteroatoms. The maximum Gasteiger partial charge on any atom is 0.249 e. The second-order valence-corrected chi connectivity index (χ2v) is 5.78. The molecule has 0 bridgehead atoms. The van der Waals surface area contributed by atoms with Crippen molar-refractivity contribution in [2.75, 3.05) is 24.9 Å². The summed E-state index contributed by atoms with van der Waals surface area (Å²) in [5.41, 5.74) is 4.09. The zero-order valence-corrected chi connectivity index (χ0v) is 15.2. The number of methoxy groups -OCH3 is 2. The van der Waals surface area contributed by atoms with E-state index in [2.05, 4.69) is 45.7 Å². The molecule has 1 heterocycles. The molecular weight excluding hydrogens is 330 g/mol. The van der Waals surface area contributed by atoms with Crippen LogP contribution in [0.3, 0.4) is 0 Å². The molecular formula is C19H21N5O2. The summed E-state index contributed by atoms with van der Waals surface area (Å²) >= 11 is 0. The number of nitrogens with zero attached hydrogens (tertiary/aromatic N) is 3. The number of anilines is 4. The lowest BCUT2D eigenvalue weighted by molar-refractivity contribution is 0.395. The molecule has 0 unspecified atom stereocenters. The average molecular weight is 351 g/mol. The molecule has 3 rings (SSSR count). The predicted molar refractivity (Wildman–Crippen MR) is 102 cm³/mol. The van der Waals surface area contributed by atoms with Gasteiger partial charge in [0.2, 0.25) is 5.95 Å². The molecule has 0 aliphatic rings. The van der Waals surface area contributed by atoms with Crippen LogP contribution in [0, 0.1) is 13.8 Å². The fourth-order valence-electron chi connectivity index (χ4n) is 2.40. The van der Waals surface area contributed by atoms with E-state index in [1.165, 1.54) is 11.1 Å². The Hall–Kier alpha value is -3.35. The minimum absolute atomic E-state index is 0.408. The molecule has 0 aliphatic carbocycles. The number of nitrogens with one attached hydrogen (secondary N) is 2. The van der Waals surface area contributed by atoms with Crippen molar-refractivity contribution in [2.45, 2.75) is 13.8 Å². The van der Waals surface area contributed by atoms with Crippen LogP contribution in [0.1, 0.15) is 11.1 Å². The molecule has 26 heavy (non-hydrogen) atoms. The second-order valence-electron chi connectivity index (χ2n) is 5.78. The molecule has 0 saturated carbocycles. The Kier molecular flexibility index (Phi) is 5.17. The number of benzene rings is 2. The van der Waals surface area contributed by atoms with E-state index in [1.807, 2.05) is 24.3 Å². The highest BCUT2D eigenvalue weighted by atomic mass is 16.5. The lowest BCUT2D eigenvalue weighted by Gasteiger charge is -2.12. The van der Waals surface area contributed by atoms with E-state index in [9.17, 15) is 0 Å². The zero-order valence-electron chi connectivity index (χ0n) is 15.2. The third-order valence-corrected chi connectivity index (χ3v) is 3.99. The Morgan fingerprint density at radius 1 is 0.885 bits per heavy atom. The smallest absolute Gasteiger partial charge is 0.249 e. The summed E-state index contributed by atoms with van der Waals surface area (Å²) in [5.74, 6) is 2.32. The van der Waals surface area contributed by atoms with Crippen LogP contribution in [0.4, 0.5) is 23.1 Å². The molecule has 0 atom stereocenters. The maximum atomic E-state index is 5.39. The van der Waals surface area contributed by atoms with E-state index in [4.69, 9.17) is 9.47 Å². The van der Waals surface area contributed by atoms with Gasteiger partial charge in [0.1, 0.15) is 11.5 Å². The molecule has 0 saturated heterocycles. The summed E-state index contributed by atoms with van der Waals surface area (Å²) in [4.78, 5) is 4.45. The molecule has 2 N–H and O–H groups in total. The van der Waals surface area contributed by atoms with Gasteiger partial charge in [0, 0.05) is 11.8 Å². The van der Waals surface area contributed by atoms with Crippen molar-refractivity contribution >= 4 is 23.1 Å². The average Bonchev–Trinajstić information content (AvgIpc) is 2.65. The van der Waals surface area contributed by atoms with Crippen molar-refractivity contribution in [1.82, 2.24) is 15.2 Å². The molecule has 0 amide bonds. The molecule has 2 aromatic carbocycles. The first-order chi connectivity index (χ1) is 12.6. The monoisotopic (exact) mass is 351 g/mol. The highest BCUT2D eigenvalue weighted by Crippen LogP contribution is 2.31. The maximum absolute atomic E-state index is 5.39. The second kappa shape index (κ2) is 7.69. The third-order valence-electron chi connectivity index (χ3n) is 3.99. The Bertz CT molecular complexity index is 914. The molecule has 0 aliphatic heterocycles. The number of hydrogen-bond donors (Lipinski definition) is 2. The SMILES string of the molecule is COc1ccc(Nc2cnnc(Nc3ccc(C)c(C)c3)n2)c(OC)c1. The highest BCUT2D eigenvalue weighted by molar-refractivity contribution is 5.66. The minimum atomic E-state index is 0.408. The van der Waals surface area contributed by atoms with Gasteiger partial charge in [-0.05, 0) is 49.2 Å². The Labute approximate surface area is 152 Å². The Balaban J connectivity index is 1.80. The van der Waals surface area contributed by atoms with E-state index in [1.54, 1.807) is 26.5 Å². The summed E-state index contributed by atoms with van der Waals surface area (Å²) in [7, 11) is 3.21. The molecule has 0 spiro atoms. The van der Waals surface area contributed by atoms with Gasteiger partial charge in [-0.3, -0.25) is 0 Å². The van der Waals surface area contributed by atoms with Crippen molar-refractivity contribution in [3.63, 3.8) is 0 Å². The van der Waals surface area contributed by atoms with Crippen molar-refractivity contribution < 1.29 is 9.47 Å². The number of aromatic nitrogens is 3. The minimum Gasteiger partial charge on any atom is -0.497 e. The molecule has 7 nitrogen and oxygen atoms in total. The Morgan fingerprint density at radius 3 is 2.46 bits per heavy atom. The van der Waals surface area contributed by atoms with E-state index in [0.717, 1.165) is 11.4 Å². The van der Waals surface area contributed by atoms with Crippen LogP contribution in [-0.2, 0) is 0 Å². The number of hydrogen-bond acceptors (Lipinski definition) is 7. The third kappa shape index (κ3) is 4.00. The lowest BCUT2D eigenvalue weighted by atomic mass is 10.1. The van der Waals surface area contributed by atoms with E-state index < -0.39 is 0 Å². The Morgan fingerprint density at radius 2 is 1.73 bits per heavy atom. The largest absolute Gasteiger partial charge is 0.497 e. The summed E-state index contributed by atoms with van der Waals surface area (Å²) < 4.78 is 10.6. The normalized spacial score (nSPS) is 10.3. The first kappa shape index (κ1) is 17.5. The van der Waals surface area contributed by atoms with Gasteiger partial charge in [0.25, 0.3) is 0 Å². The van der Waals surface area contributed by atoms with Gasteiger partial charge >= 0.3 is 0 Å². The van der Waals surface area contributed by atoms with Gasteiger partial charge in [-0.1, -0.05) is 6.07 Å². The van der Waals surface area contributed by atoms with Crippen molar-refractivity contribution in [3.05, 3.63) is 53.7 Å². The number of rotatable bonds is 6. The summed E-state index contributed by atoms with van der Waals surface area (Å²) in [5, 5.41) is 14.4. The van der Waals surface area contributed by atoms with Crippen LogP contribution in [0.2, 0.25) is 0 Å². The first-order valence-corrected chi connectivity index (χ1v) is 8.12. The van der Waals surface area contributed by atoms with Crippen LogP contribution in [0.15, 0.2) is 42.6 Å². The standard InChI is InChI=1S/C19H21N5O2/c1-12-5-6-14(9-13(12)2)21-19-23-18(11-20-24-19)22-16-8-7-15(25-3)10-17(16)26-4/h5-11H,1-4H3,(H2,21,22,23,24). The summed E-state index contributed by atoms with van der Waals surface area (Å²) in [6.07, 6.45) is 1.55. The van der Waals surface area contributed by atoms with Crippen molar-refractivity contribution in [1.29, 1.82) is 0 Å². The van der Waals surface area contributed by atoms with E-state index in [-0.39, 0.29) is 0 Å². The highest BCUT2D eigenvalue weighted by Gasteiger charge is 2.08. The van der Waals surface area contributed by atoms with Crippen LogP contribution in [0.25, 0.3) is 0 Å². The van der Waals surface area contributed by atoms with Gasteiger partial charge < -0.3 is 20.1 Å². The molecule has 0 fully saturated rings. The quantitative estimate of drug-likeness (QED) is 0.695. The number of ether oxygens (including phenoxy) is 2. The van der Waals surface area contributed by atoms with Crippen LogP contribution in [-0.4, -0.2) is 29.4 Å². The summed E-state index contributed by atoms with van der Waals surface area (Å²) in [6, 6.07) is 11.6. The van der Waals surface area contributed by atoms with E-state index in [0.29, 0.717) is 23.3 Å².